The molecule has 1 aliphatic carbocycles. The Morgan fingerprint density at radius 1 is 1.29 bits per heavy atom. The fourth-order valence-corrected chi connectivity index (χ4v) is 3.11. The van der Waals surface area contributed by atoms with Crippen molar-refractivity contribution in [3.8, 4) is 0 Å². The number of nitrogens with one attached hydrogen (secondary N) is 1. The Hall–Kier alpha value is -1.52. The van der Waals surface area contributed by atoms with E-state index in [1.165, 1.54) is 24.8 Å². The number of aliphatic carboxylic acids is 1. The van der Waals surface area contributed by atoms with Crippen molar-refractivity contribution < 1.29 is 14.7 Å². The van der Waals surface area contributed by atoms with E-state index in [4.69, 9.17) is 5.11 Å². The topological polar surface area (TPSA) is 69.6 Å². The van der Waals surface area contributed by atoms with Crippen molar-refractivity contribution in [1.82, 2.24) is 10.2 Å². The molecule has 1 aliphatic heterocycles. The van der Waals surface area contributed by atoms with E-state index < -0.39 is 11.9 Å². The van der Waals surface area contributed by atoms with Crippen LogP contribution in [0.3, 0.4) is 0 Å². The monoisotopic (exact) mass is 294 g/mol. The zero-order chi connectivity index (χ0) is 15.1. The van der Waals surface area contributed by atoms with Gasteiger partial charge in [0.25, 0.3) is 0 Å². The molecule has 118 valence electrons. The Morgan fingerprint density at radius 2 is 2.14 bits per heavy atom. The highest BCUT2D eigenvalue weighted by molar-refractivity contribution is 5.76. The molecule has 2 rings (SSSR count). The molecule has 1 unspecified atom stereocenters. The summed E-state index contributed by atoms with van der Waals surface area (Å²) >= 11 is 0. The van der Waals surface area contributed by atoms with Crippen LogP contribution in [0.25, 0.3) is 0 Å². The van der Waals surface area contributed by atoms with E-state index in [-0.39, 0.29) is 6.03 Å². The lowest BCUT2D eigenvalue weighted by atomic mass is 9.99. The van der Waals surface area contributed by atoms with Crippen molar-refractivity contribution in [3.05, 3.63) is 11.6 Å². The van der Waals surface area contributed by atoms with Gasteiger partial charge in [-0.05, 0) is 44.9 Å². The molecule has 1 saturated heterocycles. The van der Waals surface area contributed by atoms with Gasteiger partial charge in [0.2, 0.25) is 0 Å². The van der Waals surface area contributed by atoms with Crippen LogP contribution in [0.1, 0.15) is 51.4 Å². The van der Waals surface area contributed by atoms with Crippen LogP contribution >= 0.6 is 0 Å². The summed E-state index contributed by atoms with van der Waals surface area (Å²) in [5, 5.41) is 12.0. The summed E-state index contributed by atoms with van der Waals surface area (Å²) in [7, 11) is 0. The predicted molar refractivity (Wildman–Crippen MR) is 81.1 cm³/mol. The summed E-state index contributed by atoms with van der Waals surface area (Å²) in [5.41, 5.74) is 1.45. The summed E-state index contributed by atoms with van der Waals surface area (Å²) in [6.07, 6.45) is 10.8. The number of amides is 2. The maximum atomic E-state index is 12.1. The molecule has 0 aromatic heterocycles. The van der Waals surface area contributed by atoms with E-state index in [1.54, 1.807) is 4.90 Å². The zero-order valence-electron chi connectivity index (χ0n) is 12.6. The first kappa shape index (κ1) is 15.9. The molecule has 0 aromatic carbocycles. The molecule has 2 amide bonds. The number of carboxylic acids is 1. The van der Waals surface area contributed by atoms with E-state index in [1.807, 2.05) is 0 Å². The van der Waals surface area contributed by atoms with Crippen LogP contribution < -0.4 is 5.32 Å². The molecule has 2 aliphatic rings. The van der Waals surface area contributed by atoms with Gasteiger partial charge in [-0.3, -0.25) is 4.79 Å². The minimum atomic E-state index is -0.795. The Bertz CT molecular complexity index is 406. The van der Waals surface area contributed by atoms with Crippen LogP contribution in [-0.2, 0) is 4.79 Å². The van der Waals surface area contributed by atoms with Gasteiger partial charge in [-0.2, -0.15) is 0 Å². The minimum Gasteiger partial charge on any atom is -0.481 e. The number of nitrogens with zero attached hydrogens (tertiary/aromatic N) is 1. The number of hydrogen-bond donors (Lipinski definition) is 2. The molecule has 0 aromatic rings. The number of urea groups is 1. The van der Waals surface area contributed by atoms with E-state index in [0.29, 0.717) is 26.1 Å². The van der Waals surface area contributed by atoms with Crippen molar-refractivity contribution >= 4 is 12.0 Å². The molecule has 1 heterocycles. The number of allylic oxidation sites excluding steroid dienone is 1. The van der Waals surface area contributed by atoms with Gasteiger partial charge in [0.05, 0.1) is 5.92 Å². The molecule has 0 bridgehead atoms. The number of rotatable bonds is 4. The molecule has 5 heteroatoms. The molecule has 21 heavy (non-hydrogen) atoms. The Morgan fingerprint density at radius 3 is 2.95 bits per heavy atom. The summed E-state index contributed by atoms with van der Waals surface area (Å²) in [5.74, 6) is -1.20. The first-order chi connectivity index (χ1) is 10.2. The van der Waals surface area contributed by atoms with Gasteiger partial charge < -0.3 is 15.3 Å². The number of carbonyl (C=O) groups excluding carboxylic acids is 1. The molecule has 5 nitrogen and oxygen atoms in total. The van der Waals surface area contributed by atoms with Crippen LogP contribution in [0.4, 0.5) is 4.79 Å². The standard InChI is InChI=1S/C16H26N2O3/c19-15(20)14-8-5-11-18(12-14)16(21)17-10-9-13-6-3-1-2-4-7-13/h6,14H,1-5,7-12H2,(H,17,21)(H,19,20). The van der Waals surface area contributed by atoms with Crippen molar-refractivity contribution in [1.29, 1.82) is 0 Å². The molecular weight excluding hydrogens is 268 g/mol. The van der Waals surface area contributed by atoms with Crippen molar-refractivity contribution in [2.45, 2.75) is 51.4 Å². The Labute approximate surface area is 126 Å². The van der Waals surface area contributed by atoms with E-state index in [9.17, 15) is 9.59 Å². The molecule has 0 saturated carbocycles. The highest BCUT2D eigenvalue weighted by Crippen LogP contribution is 2.19. The number of carboxylic acid groups (broad SMARTS) is 1. The number of likely N-dealkylation sites (tertiary alicyclic amines) is 1. The van der Waals surface area contributed by atoms with Crippen molar-refractivity contribution in [2.24, 2.45) is 5.92 Å². The van der Waals surface area contributed by atoms with E-state index in [2.05, 4.69) is 11.4 Å². The predicted octanol–water partition coefficient (Wildman–Crippen LogP) is 2.77. The lowest BCUT2D eigenvalue weighted by Gasteiger charge is -2.30. The average Bonchev–Trinajstić information content (AvgIpc) is 2.76. The lowest BCUT2D eigenvalue weighted by molar-refractivity contribution is -0.143. The molecule has 0 radical (unpaired) electrons. The smallest absolute Gasteiger partial charge is 0.317 e. The Balaban J connectivity index is 1.71. The SMILES string of the molecule is O=C(O)C1CCCN(C(=O)NCCC2=CCCCCC2)C1. The minimum absolute atomic E-state index is 0.116. The van der Waals surface area contributed by atoms with Gasteiger partial charge >= 0.3 is 12.0 Å². The fraction of sp³-hybridized carbons (Fsp3) is 0.750. The number of hydrogen-bond acceptors (Lipinski definition) is 2. The van der Waals surface area contributed by atoms with Crippen LogP contribution in [0, 0.1) is 5.92 Å². The maximum absolute atomic E-state index is 12.1. The normalized spacial score (nSPS) is 23.1. The van der Waals surface area contributed by atoms with Gasteiger partial charge in [0, 0.05) is 19.6 Å². The third kappa shape index (κ3) is 5.06. The second kappa shape index (κ2) is 8.05. The molecule has 2 N–H and O–H groups in total. The fourth-order valence-electron chi connectivity index (χ4n) is 3.11. The highest BCUT2D eigenvalue weighted by Gasteiger charge is 2.27. The Kier molecular flexibility index (Phi) is 6.08. The second-order valence-corrected chi connectivity index (χ2v) is 6.07. The van der Waals surface area contributed by atoms with Gasteiger partial charge in [-0.25, -0.2) is 4.79 Å². The van der Waals surface area contributed by atoms with E-state index >= 15 is 0 Å². The number of carbonyl (C=O) groups is 2. The largest absolute Gasteiger partial charge is 0.481 e. The summed E-state index contributed by atoms with van der Waals surface area (Å²) in [6.45, 7) is 1.65. The lowest BCUT2D eigenvalue weighted by Crippen LogP contribution is -2.47. The van der Waals surface area contributed by atoms with Crippen molar-refractivity contribution in [2.75, 3.05) is 19.6 Å². The quantitative estimate of drug-likeness (QED) is 0.783. The molecule has 1 fully saturated rings. The van der Waals surface area contributed by atoms with Gasteiger partial charge in [-0.1, -0.05) is 18.1 Å². The molecule has 1 atom stereocenters. The van der Waals surface area contributed by atoms with Crippen LogP contribution in [0.5, 0.6) is 0 Å². The van der Waals surface area contributed by atoms with Gasteiger partial charge in [0.1, 0.15) is 0 Å². The second-order valence-electron chi connectivity index (χ2n) is 6.07. The van der Waals surface area contributed by atoms with Gasteiger partial charge in [0.15, 0.2) is 0 Å². The summed E-state index contributed by atoms with van der Waals surface area (Å²) in [6, 6.07) is -0.116. The highest BCUT2D eigenvalue weighted by atomic mass is 16.4. The maximum Gasteiger partial charge on any atom is 0.317 e. The first-order valence-corrected chi connectivity index (χ1v) is 8.10. The molecule has 0 spiro atoms. The van der Waals surface area contributed by atoms with Crippen LogP contribution in [-0.4, -0.2) is 41.6 Å². The van der Waals surface area contributed by atoms with E-state index in [0.717, 1.165) is 25.7 Å². The third-order valence-corrected chi connectivity index (χ3v) is 4.42. The zero-order valence-corrected chi connectivity index (χ0v) is 12.6. The first-order valence-electron chi connectivity index (χ1n) is 8.10. The van der Waals surface area contributed by atoms with Crippen molar-refractivity contribution in [3.63, 3.8) is 0 Å². The average molecular weight is 294 g/mol. The van der Waals surface area contributed by atoms with Gasteiger partial charge in [-0.15, -0.1) is 0 Å². The summed E-state index contributed by atoms with van der Waals surface area (Å²) < 4.78 is 0. The van der Waals surface area contributed by atoms with Crippen LogP contribution in [0.2, 0.25) is 0 Å². The number of piperidine rings is 1. The third-order valence-electron chi connectivity index (χ3n) is 4.42. The van der Waals surface area contributed by atoms with Crippen LogP contribution in [0.15, 0.2) is 11.6 Å². The summed E-state index contributed by atoms with van der Waals surface area (Å²) in [4.78, 5) is 24.7. The molecular formula is C16H26N2O3.